The highest BCUT2D eigenvalue weighted by atomic mass is 16.2. The zero-order valence-electron chi connectivity index (χ0n) is 13.2. The molecule has 20 heavy (non-hydrogen) atoms. The van der Waals surface area contributed by atoms with Gasteiger partial charge in [0.15, 0.2) is 0 Å². The van der Waals surface area contributed by atoms with Crippen LogP contribution in [0.1, 0.15) is 53.4 Å². The number of nitrogens with one attached hydrogen (secondary N) is 1. The number of hydrogen-bond acceptors (Lipinski definition) is 2. The van der Waals surface area contributed by atoms with Gasteiger partial charge in [-0.2, -0.15) is 0 Å². The molecule has 0 spiro atoms. The molecular formula is C16H28N2O2. The quantitative estimate of drug-likeness (QED) is 0.839. The molecule has 4 nitrogen and oxygen atoms in total. The fraction of sp³-hybridized carbons (Fsp3) is 0.875. The van der Waals surface area contributed by atoms with Crippen molar-refractivity contribution in [3.05, 3.63) is 0 Å². The summed E-state index contributed by atoms with van der Waals surface area (Å²) in [6, 6.07) is -0.607. The Morgan fingerprint density at radius 1 is 1.20 bits per heavy atom. The highest BCUT2D eigenvalue weighted by Crippen LogP contribution is 2.30. The molecular weight excluding hydrogens is 252 g/mol. The van der Waals surface area contributed by atoms with E-state index in [1.165, 1.54) is 19.3 Å². The van der Waals surface area contributed by atoms with Gasteiger partial charge in [-0.15, -0.1) is 0 Å². The third-order valence-corrected chi connectivity index (χ3v) is 4.57. The second-order valence-corrected chi connectivity index (χ2v) is 7.16. The summed E-state index contributed by atoms with van der Waals surface area (Å²) >= 11 is 0. The predicted octanol–water partition coefficient (Wildman–Crippen LogP) is 2.18. The van der Waals surface area contributed by atoms with Gasteiger partial charge in [0.25, 0.3) is 0 Å². The molecule has 2 fully saturated rings. The summed E-state index contributed by atoms with van der Waals surface area (Å²) in [6.45, 7) is 8.97. The molecule has 1 N–H and O–H groups in total. The number of carbonyl (C=O) groups is 2. The van der Waals surface area contributed by atoms with Crippen molar-refractivity contribution < 1.29 is 9.59 Å². The number of carbonyl (C=O) groups excluding carboxylic acids is 2. The first kappa shape index (κ1) is 15.3. The fourth-order valence-electron chi connectivity index (χ4n) is 3.09. The van der Waals surface area contributed by atoms with Crippen LogP contribution in [0.15, 0.2) is 0 Å². The van der Waals surface area contributed by atoms with Crippen molar-refractivity contribution in [1.29, 1.82) is 0 Å². The minimum absolute atomic E-state index is 0.0383. The van der Waals surface area contributed by atoms with Crippen LogP contribution in [0.25, 0.3) is 0 Å². The van der Waals surface area contributed by atoms with E-state index < -0.39 is 0 Å². The first-order valence-electron chi connectivity index (χ1n) is 8.01. The van der Waals surface area contributed by atoms with Crippen molar-refractivity contribution in [3.63, 3.8) is 0 Å². The van der Waals surface area contributed by atoms with Gasteiger partial charge in [-0.25, -0.2) is 0 Å². The molecule has 2 unspecified atom stereocenters. The summed E-state index contributed by atoms with van der Waals surface area (Å²) in [7, 11) is 0. The van der Waals surface area contributed by atoms with Gasteiger partial charge in [-0.05, 0) is 37.0 Å². The zero-order chi connectivity index (χ0) is 14.9. The van der Waals surface area contributed by atoms with Crippen molar-refractivity contribution in [2.45, 2.75) is 65.5 Å². The van der Waals surface area contributed by atoms with Crippen LogP contribution >= 0.6 is 0 Å². The van der Waals surface area contributed by atoms with Crippen molar-refractivity contribution in [1.82, 2.24) is 10.2 Å². The topological polar surface area (TPSA) is 49.4 Å². The van der Waals surface area contributed by atoms with E-state index in [1.54, 1.807) is 0 Å². The van der Waals surface area contributed by atoms with Crippen molar-refractivity contribution >= 4 is 11.8 Å². The molecule has 2 aliphatic rings. The lowest BCUT2D eigenvalue weighted by Crippen LogP contribution is -2.65. The molecule has 0 aromatic heterocycles. The minimum atomic E-state index is -0.342. The van der Waals surface area contributed by atoms with Crippen LogP contribution in [0.4, 0.5) is 0 Å². The van der Waals surface area contributed by atoms with E-state index in [1.807, 2.05) is 18.7 Å². The third-order valence-electron chi connectivity index (χ3n) is 4.57. The average Bonchev–Trinajstić information content (AvgIpc) is 2.29. The number of piperazine rings is 1. The molecule has 1 saturated carbocycles. The van der Waals surface area contributed by atoms with Gasteiger partial charge < -0.3 is 10.2 Å². The second kappa shape index (κ2) is 6.15. The van der Waals surface area contributed by atoms with E-state index in [4.69, 9.17) is 0 Å². The Bertz CT molecular complexity index is 375. The molecule has 1 aliphatic heterocycles. The Labute approximate surface area is 122 Å². The normalized spacial score (nSPS) is 28.0. The summed E-state index contributed by atoms with van der Waals surface area (Å²) in [5, 5.41) is 2.93. The number of nitrogens with zero attached hydrogens (tertiary/aromatic N) is 1. The second-order valence-electron chi connectivity index (χ2n) is 7.16. The van der Waals surface area contributed by atoms with Gasteiger partial charge >= 0.3 is 0 Å². The number of amides is 2. The summed E-state index contributed by atoms with van der Waals surface area (Å²) in [5.74, 6) is 1.33. The van der Waals surface area contributed by atoms with Gasteiger partial charge in [0, 0.05) is 6.54 Å². The minimum Gasteiger partial charge on any atom is -0.342 e. The molecule has 2 rings (SSSR count). The maximum atomic E-state index is 12.7. The molecule has 1 saturated heterocycles. The van der Waals surface area contributed by atoms with Gasteiger partial charge in [0.2, 0.25) is 11.8 Å². The SMILES string of the molecule is CC(C)CC1C(=O)NC(C(C)C)C(=O)N1CC1CCC1. The van der Waals surface area contributed by atoms with Gasteiger partial charge in [0.05, 0.1) is 0 Å². The molecule has 0 radical (unpaired) electrons. The average molecular weight is 280 g/mol. The Kier molecular flexibility index (Phi) is 4.71. The van der Waals surface area contributed by atoms with Crippen molar-refractivity contribution in [2.75, 3.05) is 6.54 Å². The van der Waals surface area contributed by atoms with Gasteiger partial charge in [-0.1, -0.05) is 34.1 Å². The van der Waals surface area contributed by atoms with Gasteiger partial charge in [-0.3, -0.25) is 9.59 Å². The first-order valence-corrected chi connectivity index (χ1v) is 8.01. The Balaban J connectivity index is 2.15. The largest absolute Gasteiger partial charge is 0.342 e. The van der Waals surface area contributed by atoms with Crippen LogP contribution in [0.3, 0.4) is 0 Å². The highest BCUT2D eigenvalue weighted by molar-refractivity contribution is 5.97. The van der Waals surface area contributed by atoms with Crippen LogP contribution in [0.2, 0.25) is 0 Å². The monoisotopic (exact) mass is 280 g/mol. The molecule has 0 aromatic carbocycles. The van der Waals surface area contributed by atoms with Crippen LogP contribution < -0.4 is 5.32 Å². The summed E-state index contributed by atoms with van der Waals surface area (Å²) < 4.78 is 0. The standard InChI is InChI=1S/C16H28N2O2/c1-10(2)8-13-15(19)17-14(11(3)4)16(20)18(13)9-12-6-5-7-12/h10-14H,5-9H2,1-4H3,(H,17,19). The molecule has 114 valence electrons. The Morgan fingerprint density at radius 3 is 2.30 bits per heavy atom. The smallest absolute Gasteiger partial charge is 0.246 e. The van der Waals surface area contributed by atoms with Crippen LogP contribution in [0.5, 0.6) is 0 Å². The number of rotatable bonds is 5. The van der Waals surface area contributed by atoms with Crippen molar-refractivity contribution in [2.24, 2.45) is 17.8 Å². The maximum absolute atomic E-state index is 12.7. The van der Waals surface area contributed by atoms with Crippen LogP contribution in [0, 0.1) is 17.8 Å². The van der Waals surface area contributed by atoms with Crippen molar-refractivity contribution in [3.8, 4) is 0 Å². The first-order chi connectivity index (χ1) is 9.40. The molecule has 2 atom stereocenters. The zero-order valence-corrected chi connectivity index (χ0v) is 13.2. The lowest BCUT2D eigenvalue weighted by molar-refractivity contribution is -0.152. The molecule has 1 aliphatic carbocycles. The maximum Gasteiger partial charge on any atom is 0.246 e. The van der Waals surface area contributed by atoms with Crippen LogP contribution in [-0.4, -0.2) is 35.3 Å². The molecule has 2 amide bonds. The Morgan fingerprint density at radius 2 is 1.85 bits per heavy atom. The predicted molar refractivity (Wildman–Crippen MR) is 79.1 cm³/mol. The number of hydrogen-bond donors (Lipinski definition) is 1. The van der Waals surface area contributed by atoms with E-state index in [2.05, 4.69) is 19.2 Å². The summed E-state index contributed by atoms with van der Waals surface area (Å²) in [5.41, 5.74) is 0. The van der Waals surface area contributed by atoms with Crippen LogP contribution in [-0.2, 0) is 9.59 Å². The lowest BCUT2D eigenvalue weighted by atomic mass is 9.83. The van der Waals surface area contributed by atoms with E-state index in [0.717, 1.165) is 13.0 Å². The van der Waals surface area contributed by atoms with E-state index in [9.17, 15) is 9.59 Å². The molecule has 1 heterocycles. The molecule has 0 bridgehead atoms. The molecule has 0 aromatic rings. The van der Waals surface area contributed by atoms with E-state index in [-0.39, 0.29) is 29.8 Å². The highest BCUT2D eigenvalue weighted by Gasteiger charge is 2.42. The van der Waals surface area contributed by atoms with Gasteiger partial charge in [0.1, 0.15) is 12.1 Å². The third kappa shape index (κ3) is 3.15. The molecule has 4 heteroatoms. The fourth-order valence-corrected chi connectivity index (χ4v) is 3.09. The lowest BCUT2D eigenvalue weighted by Gasteiger charge is -2.43. The van der Waals surface area contributed by atoms with E-state index >= 15 is 0 Å². The Hall–Kier alpha value is -1.06. The summed E-state index contributed by atoms with van der Waals surface area (Å²) in [6.07, 6.45) is 4.43. The summed E-state index contributed by atoms with van der Waals surface area (Å²) in [4.78, 5) is 27.0. The van der Waals surface area contributed by atoms with E-state index in [0.29, 0.717) is 11.8 Å².